The molecule has 2 aromatic rings. The first kappa shape index (κ1) is 19.4. The molecular formula is C21H24N2O3. The summed E-state index contributed by atoms with van der Waals surface area (Å²) in [6.45, 7) is 7.84. The number of hydrogen-bond donors (Lipinski definition) is 2. The van der Waals surface area contributed by atoms with Gasteiger partial charge in [0.15, 0.2) is 0 Å². The minimum absolute atomic E-state index is 0.105. The number of anilines is 1. The Morgan fingerprint density at radius 2 is 1.85 bits per heavy atom. The Labute approximate surface area is 154 Å². The largest absolute Gasteiger partial charge is 0.461 e. The molecule has 0 aliphatic heterocycles. The maximum Gasteiger partial charge on any atom is 0.354 e. The molecule has 2 rings (SSSR count). The van der Waals surface area contributed by atoms with E-state index in [1.54, 1.807) is 6.92 Å². The second kappa shape index (κ2) is 9.53. The highest BCUT2D eigenvalue weighted by molar-refractivity contribution is 6.37. The molecule has 0 bridgehead atoms. The fourth-order valence-corrected chi connectivity index (χ4v) is 2.44. The average molecular weight is 352 g/mol. The Kier molecular flexibility index (Phi) is 7.12. The number of nitrogens with one attached hydrogen (secondary N) is 1. The number of hydrazone groups is 1. The topological polar surface area (TPSA) is 70.9 Å². The minimum Gasteiger partial charge on any atom is -0.461 e. The van der Waals surface area contributed by atoms with E-state index in [4.69, 9.17) is 4.74 Å². The number of aryl methyl sites for hydroxylation is 1. The first-order valence-electron chi connectivity index (χ1n) is 8.49. The lowest BCUT2D eigenvalue weighted by Gasteiger charge is -2.17. The van der Waals surface area contributed by atoms with Crippen LogP contribution in [0.15, 0.2) is 71.9 Å². The van der Waals surface area contributed by atoms with Crippen molar-refractivity contribution in [2.45, 2.75) is 26.4 Å². The van der Waals surface area contributed by atoms with Crippen LogP contribution in [0.4, 0.5) is 5.69 Å². The Morgan fingerprint density at radius 1 is 1.19 bits per heavy atom. The van der Waals surface area contributed by atoms with Gasteiger partial charge in [0.05, 0.1) is 12.3 Å². The van der Waals surface area contributed by atoms with E-state index in [0.717, 1.165) is 16.8 Å². The molecule has 5 nitrogen and oxygen atoms in total. The summed E-state index contributed by atoms with van der Waals surface area (Å²) in [6.07, 6.45) is -0.777. The van der Waals surface area contributed by atoms with E-state index in [1.165, 1.54) is 0 Å². The fraction of sp³-hybridized carbons (Fsp3) is 0.238. The van der Waals surface area contributed by atoms with Crippen LogP contribution >= 0.6 is 0 Å². The van der Waals surface area contributed by atoms with Gasteiger partial charge in [0.25, 0.3) is 0 Å². The van der Waals surface area contributed by atoms with Crippen molar-refractivity contribution < 1.29 is 14.6 Å². The number of benzene rings is 2. The lowest BCUT2D eigenvalue weighted by atomic mass is 9.95. The zero-order chi connectivity index (χ0) is 18.9. The molecule has 0 aromatic heterocycles. The van der Waals surface area contributed by atoms with Crippen LogP contribution in [0.25, 0.3) is 0 Å². The predicted molar refractivity (Wildman–Crippen MR) is 104 cm³/mol. The summed E-state index contributed by atoms with van der Waals surface area (Å²) in [5, 5.41) is 14.8. The monoisotopic (exact) mass is 352 g/mol. The van der Waals surface area contributed by atoms with Gasteiger partial charge in [0, 0.05) is 6.42 Å². The molecule has 1 unspecified atom stereocenters. The van der Waals surface area contributed by atoms with Crippen LogP contribution < -0.4 is 5.43 Å². The fourth-order valence-electron chi connectivity index (χ4n) is 2.44. The lowest BCUT2D eigenvalue weighted by molar-refractivity contribution is -0.135. The molecule has 0 saturated heterocycles. The van der Waals surface area contributed by atoms with Gasteiger partial charge in [-0.2, -0.15) is 5.10 Å². The van der Waals surface area contributed by atoms with Crippen molar-refractivity contribution in [1.29, 1.82) is 0 Å². The van der Waals surface area contributed by atoms with Crippen LogP contribution in [-0.2, 0) is 9.53 Å². The summed E-state index contributed by atoms with van der Waals surface area (Å²) in [6, 6.07) is 16.8. The van der Waals surface area contributed by atoms with Crippen molar-refractivity contribution in [1.82, 2.24) is 0 Å². The van der Waals surface area contributed by atoms with E-state index in [0.29, 0.717) is 5.57 Å². The molecule has 0 aliphatic rings. The maximum atomic E-state index is 12.2. The van der Waals surface area contributed by atoms with Crippen LogP contribution in [-0.4, -0.2) is 23.4 Å². The number of carbonyl (C=O) groups excluding carboxylic acids is 1. The number of aliphatic hydroxyl groups excluding tert-OH is 1. The highest BCUT2D eigenvalue weighted by Crippen LogP contribution is 2.25. The quantitative estimate of drug-likeness (QED) is 0.326. The summed E-state index contributed by atoms with van der Waals surface area (Å²) in [5.74, 6) is -0.533. The third-order valence-corrected chi connectivity index (χ3v) is 3.87. The van der Waals surface area contributed by atoms with Gasteiger partial charge in [0.2, 0.25) is 0 Å². The lowest BCUT2D eigenvalue weighted by Crippen LogP contribution is -2.21. The van der Waals surface area contributed by atoms with Crippen LogP contribution in [0.1, 0.15) is 30.6 Å². The van der Waals surface area contributed by atoms with Gasteiger partial charge in [-0.1, -0.05) is 49.0 Å². The van der Waals surface area contributed by atoms with Crippen LogP contribution in [0.3, 0.4) is 0 Å². The first-order chi connectivity index (χ1) is 12.5. The summed E-state index contributed by atoms with van der Waals surface area (Å²) in [4.78, 5) is 12.2. The second-order valence-corrected chi connectivity index (χ2v) is 5.85. The third kappa shape index (κ3) is 5.29. The second-order valence-electron chi connectivity index (χ2n) is 5.85. The SMILES string of the molecule is C=C(C/C(=N\Nc1ccccc1)C(=O)OCC)C(O)c1ccccc1C. The molecule has 2 N–H and O–H groups in total. The maximum absolute atomic E-state index is 12.2. The molecule has 26 heavy (non-hydrogen) atoms. The normalized spacial score (nSPS) is 12.3. The van der Waals surface area contributed by atoms with Crippen molar-refractivity contribution in [2.75, 3.05) is 12.0 Å². The molecule has 0 aliphatic carbocycles. The van der Waals surface area contributed by atoms with E-state index in [2.05, 4.69) is 17.1 Å². The number of rotatable bonds is 8. The van der Waals surface area contributed by atoms with E-state index < -0.39 is 12.1 Å². The number of aliphatic hydroxyl groups is 1. The number of nitrogens with zero attached hydrogens (tertiary/aromatic N) is 1. The standard InChI is InChI=1S/C21H24N2O3/c1-4-26-21(25)19(23-22-17-11-6-5-7-12-17)14-16(3)20(24)18-13-9-8-10-15(18)2/h5-13,20,22,24H,3-4,14H2,1-2H3/b23-19+. The zero-order valence-corrected chi connectivity index (χ0v) is 15.1. The Hall–Kier alpha value is -2.92. The van der Waals surface area contributed by atoms with Gasteiger partial charge >= 0.3 is 5.97 Å². The Bertz CT molecular complexity index is 785. The van der Waals surface area contributed by atoms with Crippen molar-refractivity contribution in [2.24, 2.45) is 5.10 Å². The van der Waals surface area contributed by atoms with Crippen LogP contribution in [0.2, 0.25) is 0 Å². The predicted octanol–water partition coefficient (Wildman–Crippen LogP) is 4.01. The van der Waals surface area contributed by atoms with Crippen molar-refractivity contribution in [3.8, 4) is 0 Å². The van der Waals surface area contributed by atoms with Crippen molar-refractivity contribution >= 4 is 17.4 Å². The number of para-hydroxylation sites is 1. The van der Waals surface area contributed by atoms with Crippen LogP contribution in [0, 0.1) is 6.92 Å². The van der Waals surface area contributed by atoms with Crippen LogP contribution in [0.5, 0.6) is 0 Å². The molecule has 5 heteroatoms. The van der Waals surface area contributed by atoms with Gasteiger partial charge in [0.1, 0.15) is 11.8 Å². The zero-order valence-electron chi connectivity index (χ0n) is 15.1. The van der Waals surface area contributed by atoms with Gasteiger partial charge in [-0.25, -0.2) is 4.79 Å². The number of carbonyl (C=O) groups is 1. The van der Waals surface area contributed by atoms with E-state index in [-0.39, 0.29) is 18.7 Å². The molecule has 0 fully saturated rings. The highest BCUT2D eigenvalue weighted by atomic mass is 16.5. The third-order valence-electron chi connectivity index (χ3n) is 3.87. The van der Waals surface area contributed by atoms with E-state index in [9.17, 15) is 9.90 Å². The molecule has 0 saturated carbocycles. The Morgan fingerprint density at radius 3 is 2.50 bits per heavy atom. The molecule has 0 radical (unpaired) electrons. The number of ether oxygens (including phenoxy) is 1. The molecule has 0 amide bonds. The molecule has 0 heterocycles. The Balaban J connectivity index is 2.16. The molecule has 0 spiro atoms. The summed E-state index contributed by atoms with van der Waals surface area (Å²) in [5.41, 5.74) is 5.94. The van der Waals surface area contributed by atoms with E-state index in [1.807, 2.05) is 61.5 Å². The molecular weight excluding hydrogens is 328 g/mol. The van der Waals surface area contributed by atoms with Crippen molar-refractivity contribution in [3.63, 3.8) is 0 Å². The van der Waals surface area contributed by atoms with Gasteiger partial charge in [-0.3, -0.25) is 5.43 Å². The summed E-state index contributed by atoms with van der Waals surface area (Å²) >= 11 is 0. The molecule has 1 atom stereocenters. The van der Waals surface area contributed by atoms with Crippen molar-refractivity contribution in [3.05, 3.63) is 77.9 Å². The highest BCUT2D eigenvalue weighted by Gasteiger charge is 2.20. The van der Waals surface area contributed by atoms with Gasteiger partial charge < -0.3 is 9.84 Å². The molecule has 2 aromatic carbocycles. The number of esters is 1. The summed E-state index contributed by atoms with van der Waals surface area (Å²) in [7, 11) is 0. The van der Waals surface area contributed by atoms with E-state index >= 15 is 0 Å². The number of hydrogen-bond acceptors (Lipinski definition) is 5. The average Bonchev–Trinajstić information content (AvgIpc) is 2.65. The molecule has 136 valence electrons. The summed E-state index contributed by atoms with van der Waals surface area (Å²) < 4.78 is 5.07. The smallest absolute Gasteiger partial charge is 0.354 e. The minimum atomic E-state index is -0.882. The van der Waals surface area contributed by atoms with Gasteiger partial charge in [-0.15, -0.1) is 0 Å². The first-order valence-corrected chi connectivity index (χ1v) is 8.49. The van der Waals surface area contributed by atoms with Gasteiger partial charge in [-0.05, 0) is 42.7 Å².